The Balaban J connectivity index is 0.000000168. The van der Waals surface area contributed by atoms with E-state index < -0.39 is 11.6 Å². The monoisotopic (exact) mass is 1030 g/mol. The second kappa shape index (κ2) is 24.4. The summed E-state index contributed by atoms with van der Waals surface area (Å²) < 4.78 is 58.2. The number of carbonyl (C=O) groups is 2. The number of aromatic hydroxyl groups is 1. The summed E-state index contributed by atoms with van der Waals surface area (Å²) in [6.07, 6.45) is 4.52. The highest BCUT2D eigenvalue weighted by molar-refractivity contribution is 5.90. The van der Waals surface area contributed by atoms with Gasteiger partial charge in [-0.05, 0) is 75.2 Å². The summed E-state index contributed by atoms with van der Waals surface area (Å²) in [6.45, 7) is 16.4. The van der Waals surface area contributed by atoms with E-state index in [9.17, 15) is 19.1 Å². The number of piperazine rings is 2. The third-order valence-electron chi connectivity index (χ3n) is 13.0. The molecule has 4 N–H and O–H groups in total. The number of aliphatic hydroxyl groups is 1. The van der Waals surface area contributed by atoms with Gasteiger partial charge in [-0.2, -0.15) is 20.4 Å². The van der Waals surface area contributed by atoms with Gasteiger partial charge in [-0.15, -0.1) is 0 Å². The Morgan fingerprint density at radius 3 is 1.52 bits per heavy atom. The Morgan fingerprint density at radius 1 is 0.587 bits per heavy atom. The van der Waals surface area contributed by atoms with Crippen molar-refractivity contribution in [3.63, 3.8) is 0 Å². The minimum absolute atomic E-state index is 0.0585. The number of hydrogen-bond donors (Lipinski definition) is 4. The molecule has 4 aromatic carbocycles. The maximum atomic E-state index is 15.1. The van der Waals surface area contributed by atoms with Gasteiger partial charge in [0.1, 0.15) is 11.0 Å². The molecule has 8 aromatic rings. The second-order valence-electron chi connectivity index (χ2n) is 18.2. The van der Waals surface area contributed by atoms with Crippen molar-refractivity contribution in [2.45, 2.75) is 40.5 Å². The fourth-order valence-corrected chi connectivity index (χ4v) is 9.00. The molecule has 2 fully saturated rings. The molecule has 0 spiro atoms. The van der Waals surface area contributed by atoms with Crippen LogP contribution >= 0.6 is 0 Å². The predicted octanol–water partition coefficient (Wildman–Crippen LogP) is 7.89. The van der Waals surface area contributed by atoms with Crippen LogP contribution < -0.4 is 23.7 Å². The number of benzene rings is 4. The molecule has 0 aliphatic carbocycles. The van der Waals surface area contributed by atoms with Crippen molar-refractivity contribution in [2.75, 3.05) is 92.9 Å². The zero-order valence-electron chi connectivity index (χ0n) is 42.9. The van der Waals surface area contributed by atoms with E-state index >= 15 is 4.39 Å². The average molecular weight is 1030 g/mol. The normalized spacial score (nSPS) is 14.1. The first-order valence-electron chi connectivity index (χ1n) is 24.7. The molecule has 19 nitrogen and oxygen atoms in total. The highest BCUT2D eigenvalue weighted by Gasteiger charge is 2.21. The number of amides is 2. The SMILES string of the molecule is CC(=O)N1CCN(CCCO)CC1.COc1cc2c(Oc3ccc4[nH]c(C)cc4c3F)cnnc2cc1O.COc1cc2c(Oc3ccc4[nH]c(C)cc4c3F)cnnc2cc1OCCCN1CCN(C(C)=O)CC1. The summed E-state index contributed by atoms with van der Waals surface area (Å²) in [5.41, 5.74) is 4.10. The van der Waals surface area contributed by atoms with Gasteiger partial charge in [0.2, 0.25) is 11.8 Å². The van der Waals surface area contributed by atoms with Gasteiger partial charge in [-0.3, -0.25) is 19.4 Å². The maximum absolute atomic E-state index is 15.1. The smallest absolute Gasteiger partial charge is 0.219 e. The Kier molecular flexibility index (Phi) is 17.4. The van der Waals surface area contributed by atoms with Gasteiger partial charge in [-0.1, -0.05) is 0 Å². The molecule has 2 aliphatic rings. The summed E-state index contributed by atoms with van der Waals surface area (Å²) >= 11 is 0. The minimum atomic E-state index is -0.461. The second-order valence-corrected chi connectivity index (χ2v) is 18.2. The number of aromatic nitrogens is 6. The largest absolute Gasteiger partial charge is 0.504 e. The first-order valence-corrected chi connectivity index (χ1v) is 24.7. The molecule has 0 unspecified atom stereocenters. The molecule has 0 bridgehead atoms. The van der Waals surface area contributed by atoms with Crippen molar-refractivity contribution in [1.82, 2.24) is 50.0 Å². The molecule has 10 rings (SSSR count). The van der Waals surface area contributed by atoms with E-state index in [0.29, 0.717) is 73.2 Å². The van der Waals surface area contributed by atoms with Gasteiger partial charge in [0, 0.05) is 131 Å². The van der Waals surface area contributed by atoms with Crippen LogP contribution in [-0.2, 0) is 9.59 Å². The molecule has 4 aromatic heterocycles. The number of methoxy groups -OCH3 is 2. The molecule has 0 saturated carbocycles. The molecule has 0 radical (unpaired) electrons. The van der Waals surface area contributed by atoms with Crippen LogP contribution in [0.25, 0.3) is 43.6 Å². The lowest BCUT2D eigenvalue weighted by Gasteiger charge is -2.34. The molecule has 75 heavy (non-hydrogen) atoms. The van der Waals surface area contributed by atoms with Crippen molar-refractivity contribution in [3.05, 3.63) is 96.1 Å². The topological polar surface area (TPSA) is 217 Å². The molecule has 2 aliphatic heterocycles. The fourth-order valence-electron chi connectivity index (χ4n) is 9.00. The number of ether oxygens (including phenoxy) is 5. The standard InChI is InChI=1S/C27H30FN5O4.C18H14FN3O3.C9H18N2O2/c1-17-13-20-21(30-17)5-6-23(27(20)28)37-26-16-29-31-22-15-25(24(35-3)14-19(22)26)36-12-4-7-32-8-10-33(11-9-32)18(2)34;1-9-5-11-12(21-9)3-4-15(18(11)19)25-17-8-20-22-13-7-14(23)16(24-2)6-10(13)17;1-9(13)11-6-4-10(5-7-11)3-2-8-12/h5-6,13-16,30H,4,7-12H2,1-3H3;3-8,21,23H,1-2H3;12H,2-8H2,1H3. The van der Waals surface area contributed by atoms with Crippen LogP contribution in [0.15, 0.2) is 73.1 Å². The number of H-pyrrole nitrogens is 2. The molecule has 6 heterocycles. The first kappa shape index (κ1) is 53.4. The molecular formula is C54H62F2N10O9. The van der Waals surface area contributed by atoms with Crippen LogP contribution in [0.4, 0.5) is 8.78 Å². The van der Waals surface area contributed by atoms with Crippen molar-refractivity contribution < 1.29 is 52.3 Å². The Morgan fingerprint density at radius 2 is 1.05 bits per heavy atom. The van der Waals surface area contributed by atoms with Gasteiger partial charge >= 0.3 is 0 Å². The zero-order valence-corrected chi connectivity index (χ0v) is 42.9. The van der Waals surface area contributed by atoms with E-state index in [4.69, 9.17) is 28.8 Å². The van der Waals surface area contributed by atoms with Crippen molar-refractivity contribution >= 4 is 55.4 Å². The average Bonchev–Trinajstić information content (AvgIpc) is 4.00. The number of nitrogens with one attached hydrogen (secondary N) is 2. The molecule has 396 valence electrons. The number of aryl methyl sites for hydroxylation is 2. The third kappa shape index (κ3) is 12.9. The summed E-state index contributed by atoms with van der Waals surface area (Å²) in [5.74, 6) is 1.54. The first-order chi connectivity index (χ1) is 36.2. The Labute approximate surface area is 431 Å². The van der Waals surface area contributed by atoms with Gasteiger partial charge < -0.3 is 53.7 Å². The van der Waals surface area contributed by atoms with Gasteiger partial charge in [0.05, 0.1) is 44.0 Å². The fraction of sp³-hybridized carbons (Fsp3) is 0.370. The number of nitrogens with zero attached hydrogens (tertiary/aromatic N) is 8. The summed E-state index contributed by atoms with van der Waals surface area (Å²) in [6, 6.07) is 16.7. The number of phenolic OH excluding ortho intramolecular Hbond substituents is 1. The van der Waals surface area contributed by atoms with E-state index in [-0.39, 0.29) is 41.4 Å². The number of aromatic amines is 2. The Hall–Kier alpha value is -7.88. The summed E-state index contributed by atoms with van der Waals surface area (Å²) in [4.78, 5) is 37.0. The van der Waals surface area contributed by atoms with Crippen LogP contribution in [-0.4, -0.2) is 165 Å². The molecule has 2 amide bonds. The zero-order chi connectivity index (χ0) is 53.2. The number of rotatable bonds is 14. The lowest BCUT2D eigenvalue weighted by atomic mass is 10.2. The highest BCUT2D eigenvalue weighted by Crippen LogP contribution is 2.40. The lowest BCUT2D eigenvalue weighted by molar-refractivity contribution is -0.131. The number of hydrogen-bond acceptors (Lipinski definition) is 15. The number of aliphatic hydroxyl groups excluding tert-OH is 1. The molecule has 0 atom stereocenters. The van der Waals surface area contributed by atoms with E-state index in [1.54, 1.807) is 75.6 Å². The van der Waals surface area contributed by atoms with Crippen LogP contribution in [0, 0.1) is 25.5 Å². The van der Waals surface area contributed by atoms with Gasteiger partial charge in [0.25, 0.3) is 0 Å². The van der Waals surface area contributed by atoms with Crippen LogP contribution in [0.3, 0.4) is 0 Å². The van der Waals surface area contributed by atoms with Crippen LogP contribution in [0.2, 0.25) is 0 Å². The van der Waals surface area contributed by atoms with Crippen LogP contribution in [0.5, 0.6) is 46.0 Å². The number of halogens is 2. The van der Waals surface area contributed by atoms with Crippen LogP contribution in [0.1, 0.15) is 38.1 Å². The third-order valence-corrected chi connectivity index (χ3v) is 13.0. The van der Waals surface area contributed by atoms with Crippen molar-refractivity contribution in [1.29, 1.82) is 0 Å². The van der Waals surface area contributed by atoms with E-state index in [0.717, 1.165) is 89.7 Å². The predicted molar refractivity (Wildman–Crippen MR) is 279 cm³/mol. The Bertz CT molecular complexity index is 3280. The van der Waals surface area contributed by atoms with Gasteiger partial charge in [-0.25, -0.2) is 8.78 Å². The number of fused-ring (bicyclic) bond motifs is 4. The maximum Gasteiger partial charge on any atom is 0.219 e. The van der Waals surface area contributed by atoms with E-state index in [2.05, 4.69) is 40.2 Å². The van der Waals surface area contributed by atoms with E-state index in [1.165, 1.54) is 25.6 Å². The summed E-state index contributed by atoms with van der Waals surface area (Å²) in [5, 5.41) is 36.7. The highest BCUT2D eigenvalue weighted by atomic mass is 19.1. The molecular weight excluding hydrogens is 971 g/mol. The van der Waals surface area contributed by atoms with Crippen molar-refractivity contribution in [2.24, 2.45) is 0 Å². The lowest BCUT2D eigenvalue weighted by Crippen LogP contribution is -2.48. The number of phenols is 1. The summed E-state index contributed by atoms with van der Waals surface area (Å²) in [7, 11) is 3.01. The van der Waals surface area contributed by atoms with Crippen molar-refractivity contribution in [3.8, 4) is 46.0 Å². The minimum Gasteiger partial charge on any atom is -0.504 e. The molecule has 21 heteroatoms. The quantitative estimate of drug-likeness (QED) is 0.0762. The number of carbonyl (C=O) groups excluding carboxylic acids is 2. The molecule has 2 saturated heterocycles. The van der Waals surface area contributed by atoms with E-state index in [1.807, 2.05) is 23.6 Å². The van der Waals surface area contributed by atoms with Gasteiger partial charge in [0.15, 0.2) is 57.6 Å².